The van der Waals surface area contributed by atoms with E-state index in [9.17, 15) is 18.0 Å². The van der Waals surface area contributed by atoms with Gasteiger partial charge in [0.05, 0.1) is 22.9 Å². The lowest BCUT2D eigenvalue weighted by molar-refractivity contribution is -0.137. The van der Waals surface area contributed by atoms with E-state index in [1.807, 2.05) is 0 Å². The molecule has 2 N–H and O–H groups in total. The third-order valence-corrected chi connectivity index (χ3v) is 3.95. The van der Waals surface area contributed by atoms with Crippen molar-refractivity contribution in [1.82, 2.24) is 0 Å². The van der Waals surface area contributed by atoms with Crippen LogP contribution >= 0.6 is 15.9 Å². The number of hydrogen-bond donors (Lipinski definition) is 2. The van der Waals surface area contributed by atoms with Crippen LogP contribution in [0.2, 0.25) is 0 Å². The minimum atomic E-state index is -4.51. The summed E-state index contributed by atoms with van der Waals surface area (Å²) in [5, 5.41) is 13.9. The SMILES string of the molecule is CCOc1cc(/C=N/O)cc(Br)c1OCC(=O)Nc1cccc(C(F)(F)F)c1. The molecule has 0 fully saturated rings. The molecule has 0 aliphatic rings. The average Bonchev–Trinajstić information content (AvgIpc) is 2.61. The lowest BCUT2D eigenvalue weighted by atomic mass is 10.2. The molecule has 0 saturated carbocycles. The molecule has 150 valence electrons. The van der Waals surface area contributed by atoms with E-state index in [0.717, 1.165) is 12.1 Å². The van der Waals surface area contributed by atoms with Gasteiger partial charge < -0.3 is 20.0 Å². The highest BCUT2D eigenvalue weighted by molar-refractivity contribution is 9.10. The predicted molar refractivity (Wildman–Crippen MR) is 100 cm³/mol. The van der Waals surface area contributed by atoms with Crippen molar-refractivity contribution in [1.29, 1.82) is 0 Å². The molecule has 2 aromatic rings. The van der Waals surface area contributed by atoms with Crippen molar-refractivity contribution in [2.24, 2.45) is 5.16 Å². The first-order chi connectivity index (χ1) is 13.2. The summed E-state index contributed by atoms with van der Waals surface area (Å²) in [4.78, 5) is 12.1. The van der Waals surface area contributed by atoms with Gasteiger partial charge >= 0.3 is 6.18 Å². The topological polar surface area (TPSA) is 80.2 Å². The Morgan fingerprint density at radius 1 is 1.29 bits per heavy atom. The highest BCUT2D eigenvalue weighted by Gasteiger charge is 2.30. The number of benzene rings is 2. The van der Waals surface area contributed by atoms with E-state index < -0.39 is 24.3 Å². The summed E-state index contributed by atoms with van der Waals surface area (Å²) in [6.07, 6.45) is -3.31. The Morgan fingerprint density at radius 2 is 2.04 bits per heavy atom. The van der Waals surface area contributed by atoms with E-state index in [2.05, 4.69) is 26.4 Å². The summed E-state index contributed by atoms with van der Waals surface area (Å²) in [5.41, 5.74) is -0.339. The third-order valence-electron chi connectivity index (χ3n) is 3.36. The zero-order chi connectivity index (χ0) is 20.7. The fraction of sp³-hybridized carbons (Fsp3) is 0.222. The molecule has 0 bridgehead atoms. The van der Waals surface area contributed by atoms with Crippen molar-refractivity contribution in [2.75, 3.05) is 18.5 Å². The second-order valence-electron chi connectivity index (χ2n) is 5.42. The molecule has 0 spiro atoms. The number of carbonyl (C=O) groups excluding carboxylic acids is 1. The van der Waals surface area contributed by atoms with Gasteiger partial charge in [0.2, 0.25) is 0 Å². The number of ether oxygens (including phenoxy) is 2. The Kier molecular flexibility index (Phi) is 7.27. The minimum Gasteiger partial charge on any atom is -0.490 e. The number of carbonyl (C=O) groups is 1. The molecule has 2 rings (SSSR count). The number of nitrogens with zero attached hydrogens (tertiary/aromatic N) is 1. The first kappa shape index (κ1) is 21.5. The third kappa shape index (κ3) is 5.88. The summed E-state index contributed by atoms with van der Waals surface area (Å²) in [5.74, 6) is -0.107. The van der Waals surface area contributed by atoms with Crippen LogP contribution in [0.15, 0.2) is 46.0 Å². The van der Waals surface area contributed by atoms with Crippen LogP contribution in [0.1, 0.15) is 18.1 Å². The molecule has 0 unspecified atom stereocenters. The number of rotatable bonds is 7. The van der Waals surface area contributed by atoms with Gasteiger partial charge in [-0.2, -0.15) is 13.2 Å². The predicted octanol–water partition coefficient (Wildman–Crippen LogP) is 4.69. The largest absolute Gasteiger partial charge is 0.490 e. The van der Waals surface area contributed by atoms with E-state index in [0.29, 0.717) is 22.4 Å². The maximum absolute atomic E-state index is 12.7. The fourth-order valence-corrected chi connectivity index (χ4v) is 2.81. The Labute approximate surface area is 167 Å². The average molecular weight is 461 g/mol. The van der Waals surface area contributed by atoms with E-state index in [1.54, 1.807) is 19.1 Å². The molecule has 0 radical (unpaired) electrons. The molecule has 0 saturated heterocycles. The van der Waals surface area contributed by atoms with Crippen LogP contribution < -0.4 is 14.8 Å². The number of amides is 1. The van der Waals surface area contributed by atoms with Gasteiger partial charge in [-0.15, -0.1) is 0 Å². The molecule has 0 atom stereocenters. The van der Waals surface area contributed by atoms with Crippen molar-refractivity contribution < 1.29 is 32.6 Å². The van der Waals surface area contributed by atoms with E-state index in [4.69, 9.17) is 14.7 Å². The quantitative estimate of drug-likeness (QED) is 0.356. The van der Waals surface area contributed by atoms with Crippen LogP contribution in [-0.4, -0.2) is 30.5 Å². The van der Waals surface area contributed by atoms with Crippen LogP contribution in [0.25, 0.3) is 0 Å². The van der Waals surface area contributed by atoms with Crippen LogP contribution in [0.4, 0.5) is 18.9 Å². The van der Waals surface area contributed by atoms with Crippen molar-refractivity contribution in [3.63, 3.8) is 0 Å². The molecule has 28 heavy (non-hydrogen) atoms. The summed E-state index contributed by atoms with van der Waals surface area (Å²) in [7, 11) is 0. The van der Waals surface area contributed by atoms with Crippen molar-refractivity contribution >= 4 is 33.7 Å². The van der Waals surface area contributed by atoms with Gasteiger partial charge in [0.15, 0.2) is 18.1 Å². The molecule has 1 amide bonds. The Morgan fingerprint density at radius 3 is 2.68 bits per heavy atom. The normalized spacial score (nSPS) is 11.5. The van der Waals surface area contributed by atoms with Crippen molar-refractivity contribution in [3.05, 3.63) is 52.0 Å². The molecule has 0 aromatic heterocycles. The van der Waals surface area contributed by atoms with Gasteiger partial charge in [-0.25, -0.2) is 0 Å². The molecule has 0 heterocycles. The highest BCUT2D eigenvalue weighted by atomic mass is 79.9. The lowest BCUT2D eigenvalue weighted by Gasteiger charge is -2.15. The summed E-state index contributed by atoms with van der Waals surface area (Å²) in [6.45, 7) is 1.62. The van der Waals surface area contributed by atoms with Gasteiger partial charge in [0.1, 0.15) is 0 Å². The van der Waals surface area contributed by atoms with Gasteiger partial charge in [0, 0.05) is 11.3 Å². The van der Waals surface area contributed by atoms with Crippen molar-refractivity contribution in [3.8, 4) is 11.5 Å². The van der Waals surface area contributed by atoms with Crippen LogP contribution in [0.3, 0.4) is 0 Å². The number of anilines is 1. The Balaban J connectivity index is 2.10. The first-order valence-corrected chi connectivity index (χ1v) is 8.77. The molecule has 0 aliphatic carbocycles. The molecule has 0 aliphatic heterocycles. The maximum Gasteiger partial charge on any atom is 0.416 e. The molecule has 6 nitrogen and oxygen atoms in total. The number of halogens is 4. The molecule has 2 aromatic carbocycles. The van der Waals surface area contributed by atoms with Crippen LogP contribution in [-0.2, 0) is 11.0 Å². The summed E-state index contributed by atoms with van der Waals surface area (Å²) in [6, 6.07) is 7.43. The highest BCUT2D eigenvalue weighted by Crippen LogP contribution is 2.36. The first-order valence-electron chi connectivity index (χ1n) is 7.98. The molecule has 10 heteroatoms. The van der Waals surface area contributed by atoms with Gasteiger partial charge in [0.25, 0.3) is 5.91 Å². The number of hydrogen-bond acceptors (Lipinski definition) is 5. The summed E-state index contributed by atoms with van der Waals surface area (Å²) >= 11 is 3.28. The summed E-state index contributed by atoms with van der Waals surface area (Å²) < 4.78 is 49.6. The number of nitrogens with one attached hydrogen (secondary N) is 1. The minimum absolute atomic E-state index is 0.00188. The Hall–Kier alpha value is -2.75. The molecular formula is C18H16BrF3N2O4. The zero-order valence-corrected chi connectivity index (χ0v) is 16.2. The monoisotopic (exact) mass is 460 g/mol. The fourth-order valence-electron chi connectivity index (χ4n) is 2.24. The standard InChI is InChI=1S/C18H16BrF3N2O4/c1-2-27-15-7-11(9-23-26)6-14(19)17(15)28-10-16(25)24-13-5-3-4-12(8-13)18(20,21)22/h3-9,26H,2,10H2,1H3,(H,24,25)/b23-9+. The molecular weight excluding hydrogens is 445 g/mol. The zero-order valence-electron chi connectivity index (χ0n) is 14.6. The van der Waals surface area contributed by atoms with Crippen LogP contribution in [0.5, 0.6) is 11.5 Å². The van der Waals surface area contributed by atoms with Crippen molar-refractivity contribution in [2.45, 2.75) is 13.1 Å². The van der Waals surface area contributed by atoms with Gasteiger partial charge in [-0.05, 0) is 53.2 Å². The number of alkyl halides is 3. The second kappa shape index (κ2) is 9.45. The van der Waals surface area contributed by atoms with E-state index >= 15 is 0 Å². The van der Waals surface area contributed by atoms with Crippen LogP contribution in [0, 0.1) is 0 Å². The number of oxime groups is 1. The maximum atomic E-state index is 12.7. The Bertz CT molecular complexity index is 872. The van der Waals surface area contributed by atoms with Gasteiger partial charge in [-0.1, -0.05) is 11.2 Å². The second-order valence-corrected chi connectivity index (χ2v) is 6.28. The van der Waals surface area contributed by atoms with Gasteiger partial charge in [-0.3, -0.25) is 4.79 Å². The van der Waals surface area contributed by atoms with E-state index in [-0.39, 0.29) is 11.4 Å². The van der Waals surface area contributed by atoms with E-state index in [1.165, 1.54) is 18.3 Å². The smallest absolute Gasteiger partial charge is 0.416 e. The lowest BCUT2D eigenvalue weighted by Crippen LogP contribution is -2.21.